The highest BCUT2D eigenvalue weighted by molar-refractivity contribution is 7.17. The first kappa shape index (κ1) is 26.8. The van der Waals surface area contributed by atoms with Crippen LogP contribution in [0.2, 0.25) is 0 Å². The summed E-state index contributed by atoms with van der Waals surface area (Å²) in [5.74, 6) is -1.95. The van der Waals surface area contributed by atoms with E-state index in [4.69, 9.17) is 9.47 Å². The summed E-state index contributed by atoms with van der Waals surface area (Å²) in [6.07, 6.45) is 3.38. The fourth-order valence-corrected chi connectivity index (χ4v) is 5.04. The van der Waals surface area contributed by atoms with E-state index in [1.807, 2.05) is 6.07 Å². The van der Waals surface area contributed by atoms with Crippen molar-refractivity contribution in [1.82, 2.24) is 4.98 Å². The second-order valence-corrected chi connectivity index (χ2v) is 9.58. The minimum atomic E-state index is -0.945. The molecule has 0 aliphatic carbocycles. The molecule has 1 atom stereocenters. The van der Waals surface area contributed by atoms with E-state index in [-0.39, 0.29) is 27.9 Å². The van der Waals surface area contributed by atoms with Crippen molar-refractivity contribution in [3.8, 4) is 5.75 Å². The lowest BCUT2D eigenvalue weighted by Gasteiger charge is -2.23. The zero-order chi connectivity index (χ0) is 27.2. The summed E-state index contributed by atoms with van der Waals surface area (Å²) < 4.78 is 10.8. The van der Waals surface area contributed by atoms with Crippen LogP contribution in [0.5, 0.6) is 5.75 Å². The summed E-state index contributed by atoms with van der Waals surface area (Å²) in [7, 11) is 0. The minimum Gasteiger partial charge on any atom is -0.507 e. The van der Waals surface area contributed by atoms with Crippen LogP contribution in [0.15, 0.2) is 72.8 Å². The van der Waals surface area contributed by atoms with E-state index < -0.39 is 23.7 Å². The maximum absolute atomic E-state index is 13.3. The Morgan fingerprint density at radius 3 is 2.53 bits per heavy atom. The average Bonchev–Trinajstić information content (AvgIpc) is 3.44. The summed E-state index contributed by atoms with van der Waals surface area (Å²) >= 11 is 0.953. The number of ether oxygens (including phenoxy) is 2. The summed E-state index contributed by atoms with van der Waals surface area (Å²) in [6, 6.07) is 14.7. The maximum Gasteiger partial charge on any atom is 0.350 e. The van der Waals surface area contributed by atoms with E-state index in [2.05, 4.69) is 18.5 Å². The molecule has 1 saturated heterocycles. The molecule has 1 fully saturated rings. The van der Waals surface area contributed by atoms with Crippen LogP contribution in [0.25, 0.3) is 5.76 Å². The molecule has 4 rings (SSSR count). The number of carbonyl (C=O) groups is 3. The number of unbranched alkanes of at least 4 members (excludes halogenated alkanes) is 1. The molecule has 0 bridgehead atoms. The van der Waals surface area contributed by atoms with Crippen LogP contribution in [0, 0.1) is 6.92 Å². The van der Waals surface area contributed by atoms with Gasteiger partial charge in [0.1, 0.15) is 23.0 Å². The SMILES string of the molecule is C=CCOC(=O)c1sc(N2C(=O)C(=O)C(=C(O)c3ccc(OCCCC)cc3)[C@@H]2c2ccccc2)nc1C. The Bertz CT molecular complexity index is 1380. The molecular formula is C29H28N2O6S. The molecular weight excluding hydrogens is 504 g/mol. The number of benzene rings is 2. The van der Waals surface area contributed by atoms with E-state index >= 15 is 0 Å². The highest BCUT2D eigenvalue weighted by Crippen LogP contribution is 2.44. The van der Waals surface area contributed by atoms with Crippen molar-refractivity contribution in [3.05, 3.63) is 94.5 Å². The number of amides is 1. The Hall–Kier alpha value is -4.24. The van der Waals surface area contributed by atoms with Gasteiger partial charge in [-0.25, -0.2) is 9.78 Å². The van der Waals surface area contributed by atoms with Crippen LogP contribution in [-0.2, 0) is 14.3 Å². The molecule has 1 N–H and O–H groups in total. The first-order valence-electron chi connectivity index (χ1n) is 12.2. The number of rotatable bonds is 10. The topological polar surface area (TPSA) is 106 Å². The van der Waals surface area contributed by atoms with Gasteiger partial charge in [0, 0.05) is 5.56 Å². The number of aliphatic hydroxyl groups excluding tert-OH is 1. The largest absolute Gasteiger partial charge is 0.507 e. The third-order valence-electron chi connectivity index (χ3n) is 5.96. The summed E-state index contributed by atoms with van der Waals surface area (Å²) in [4.78, 5) is 45.0. The van der Waals surface area contributed by atoms with Crippen molar-refractivity contribution in [2.24, 2.45) is 0 Å². The van der Waals surface area contributed by atoms with Gasteiger partial charge >= 0.3 is 11.9 Å². The second kappa shape index (κ2) is 11.9. The molecule has 0 unspecified atom stereocenters. The first-order chi connectivity index (χ1) is 18.4. The van der Waals surface area contributed by atoms with Crippen LogP contribution in [-0.4, -0.2) is 41.0 Å². The van der Waals surface area contributed by atoms with E-state index in [1.165, 1.54) is 11.0 Å². The van der Waals surface area contributed by atoms with Gasteiger partial charge in [-0.3, -0.25) is 14.5 Å². The van der Waals surface area contributed by atoms with Gasteiger partial charge < -0.3 is 14.6 Å². The smallest absolute Gasteiger partial charge is 0.350 e. The molecule has 196 valence electrons. The Morgan fingerprint density at radius 1 is 1.16 bits per heavy atom. The molecule has 9 heteroatoms. The maximum atomic E-state index is 13.3. The first-order valence-corrected chi connectivity index (χ1v) is 13.0. The van der Waals surface area contributed by atoms with Gasteiger partial charge in [-0.05, 0) is 43.2 Å². The van der Waals surface area contributed by atoms with Crippen LogP contribution in [0.1, 0.15) is 52.3 Å². The molecule has 1 aromatic heterocycles. The third-order valence-corrected chi connectivity index (χ3v) is 7.10. The molecule has 0 spiro atoms. The number of esters is 1. The average molecular weight is 533 g/mol. The van der Waals surface area contributed by atoms with Crippen LogP contribution in [0.3, 0.4) is 0 Å². The highest BCUT2D eigenvalue weighted by Gasteiger charge is 2.48. The molecule has 38 heavy (non-hydrogen) atoms. The van der Waals surface area contributed by atoms with Gasteiger partial charge in [-0.15, -0.1) is 0 Å². The fraction of sp³-hybridized carbons (Fsp3) is 0.241. The van der Waals surface area contributed by atoms with E-state index in [0.29, 0.717) is 29.2 Å². The van der Waals surface area contributed by atoms with Gasteiger partial charge in [0.15, 0.2) is 5.13 Å². The normalized spacial score (nSPS) is 16.5. The van der Waals surface area contributed by atoms with Gasteiger partial charge in [0.05, 0.1) is 23.9 Å². The molecule has 1 aliphatic heterocycles. The summed E-state index contributed by atoms with van der Waals surface area (Å²) in [5, 5.41) is 11.4. The number of carbonyl (C=O) groups excluding carboxylic acids is 3. The van der Waals surface area contributed by atoms with E-state index in [1.54, 1.807) is 55.5 Å². The molecule has 1 amide bonds. The fourth-order valence-electron chi connectivity index (χ4n) is 4.05. The number of aromatic nitrogens is 1. The lowest BCUT2D eigenvalue weighted by atomic mass is 9.95. The third kappa shape index (κ3) is 5.38. The molecule has 3 aromatic rings. The molecule has 0 radical (unpaired) electrons. The van der Waals surface area contributed by atoms with Crippen molar-refractivity contribution in [2.75, 3.05) is 18.1 Å². The van der Waals surface area contributed by atoms with Gasteiger partial charge in [-0.1, -0.05) is 67.7 Å². The number of hydrogen-bond acceptors (Lipinski definition) is 8. The van der Waals surface area contributed by atoms with Crippen LogP contribution in [0.4, 0.5) is 5.13 Å². The van der Waals surface area contributed by atoms with Crippen LogP contribution >= 0.6 is 11.3 Å². The van der Waals surface area contributed by atoms with Gasteiger partial charge in [0.25, 0.3) is 5.78 Å². The molecule has 2 heterocycles. The quantitative estimate of drug-likeness (QED) is 0.0905. The number of aryl methyl sites for hydroxylation is 1. The Kier molecular flexibility index (Phi) is 8.38. The number of ketones is 1. The summed E-state index contributed by atoms with van der Waals surface area (Å²) in [6.45, 7) is 7.85. The number of thiazole rings is 1. The van der Waals surface area contributed by atoms with Crippen molar-refractivity contribution in [3.63, 3.8) is 0 Å². The minimum absolute atomic E-state index is 0.0302. The van der Waals surface area contributed by atoms with Gasteiger partial charge in [0.2, 0.25) is 0 Å². The van der Waals surface area contributed by atoms with Crippen molar-refractivity contribution >= 4 is 39.9 Å². The summed E-state index contributed by atoms with van der Waals surface area (Å²) in [5.41, 5.74) is 1.28. The number of Topliss-reactive ketones (excluding diaryl/α,β-unsaturated/α-hetero) is 1. The Morgan fingerprint density at radius 2 is 1.87 bits per heavy atom. The molecule has 2 aromatic carbocycles. The van der Waals surface area contributed by atoms with E-state index in [0.717, 1.165) is 24.2 Å². The number of nitrogens with zero attached hydrogens (tertiary/aromatic N) is 2. The van der Waals surface area contributed by atoms with Crippen molar-refractivity contribution in [2.45, 2.75) is 32.7 Å². The highest BCUT2D eigenvalue weighted by atomic mass is 32.1. The van der Waals surface area contributed by atoms with Gasteiger partial charge in [-0.2, -0.15) is 0 Å². The molecule has 1 aliphatic rings. The number of hydrogen-bond donors (Lipinski definition) is 1. The van der Waals surface area contributed by atoms with E-state index in [9.17, 15) is 19.5 Å². The van der Waals surface area contributed by atoms with Crippen molar-refractivity contribution in [1.29, 1.82) is 0 Å². The number of aliphatic hydroxyl groups is 1. The lowest BCUT2D eigenvalue weighted by Crippen LogP contribution is -2.29. The number of anilines is 1. The Balaban J connectivity index is 1.77. The Labute approximate surface area is 224 Å². The second-order valence-electron chi connectivity index (χ2n) is 8.60. The lowest BCUT2D eigenvalue weighted by molar-refractivity contribution is -0.132. The van der Waals surface area contributed by atoms with Crippen LogP contribution < -0.4 is 9.64 Å². The zero-order valence-corrected chi connectivity index (χ0v) is 22.0. The molecule has 0 saturated carbocycles. The zero-order valence-electron chi connectivity index (χ0n) is 21.2. The van der Waals surface area contributed by atoms with Crippen molar-refractivity contribution < 1.29 is 29.0 Å². The standard InChI is InChI=1S/C29H28N2O6S/c1-4-6-17-36-21-14-12-20(13-15-21)24(32)22-23(19-10-8-7-9-11-19)31(27(34)25(22)33)29-30-18(3)26(38-29)28(35)37-16-5-2/h5,7-15,23,32H,2,4,6,16-17H2,1,3H3/t23-/m0/s1. The predicted octanol–water partition coefficient (Wildman–Crippen LogP) is 5.60. The molecule has 8 nitrogen and oxygen atoms in total. The predicted molar refractivity (Wildman–Crippen MR) is 145 cm³/mol. The monoisotopic (exact) mass is 532 g/mol.